The molecule has 0 aliphatic carbocycles. The van der Waals surface area contributed by atoms with Crippen LogP contribution in [0.15, 0.2) is 48.6 Å². The molecule has 0 bridgehead atoms. The number of aliphatic carboxylic acids is 1. The van der Waals surface area contributed by atoms with Crippen LogP contribution in [0.2, 0.25) is 0 Å². The summed E-state index contributed by atoms with van der Waals surface area (Å²) in [5, 5.41) is 8.49. The molecule has 132 valence electrons. The quantitative estimate of drug-likeness (QED) is 0.279. The second-order valence-corrected chi connectivity index (χ2v) is 5.37. The summed E-state index contributed by atoms with van der Waals surface area (Å²) in [7, 11) is 0. The lowest BCUT2D eigenvalue weighted by Gasteiger charge is -1.90. The van der Waals surface area contributed by atoms with Gasteiger partial charge >= 0.3 is 5.97 Å². The molecular formula is C21H36O2. The van der Waals surface area contributed by atoms with Crippen LogP contribution in [0, 0.1) is 0 Å². The monoisotopic (exact) mass is 328 g/mol. The van der Waals surface area contributed by atoms with Gasteiger partial charge in [-0.3, -0.25) is 4.79 Å². The van der Waals surface area contributed by atoms with Crippen molar-refractivity contribution >= 4 is 5.97 Å². The Kier molecular flexibility index (Phi) is 21.0. The first-order valence-corrected chi connectivity index (χ1v) is 8.59. The molecule has 0 rings (SSSR count). The van der Waals surface area contributed by atoms with E-state index in [-0.39, 0.29) is 13.8 Å². The van der Waals surface area contributed by atoms with E-state index in [2.05, 4.69) is 55.5 Å². The minimum atomic E-state index is -0.712. The van der Waals surface area contributed by atoms with Crippen LogP contribution in [0.4, 0.5) is 0 Å². The predicted molar refractivity (Wildman–Crippen MR) is 103 cm³/mol. The number of carbonyl (C=O) groups is 1. The van der Waals surface area contributed by atoms with Gasteiger partial charge in [-0.1, -0.05) is 75.8 Å². The van der Waals surface area contributed by atoms with Crippen molar-refractivity contribution in [1.82, 2.24) is 0 Å². The van der Waals surface area contributed by atoms with Gasteiger partial charge in [0.05, 0.1) is 0 Å². The molecule has 0 saturated carbocycles. The third-order valence-electron chi connectivity index (χ3n) is 3.22. The molecule has 2 heteroatoms. The Morgan fingerprint density at radius 2 is 1.17 bits per heavy atom. The number of carboxylic acids is 1. The van der Waals surface area contributed by atoms with Crippen molar-refractivity contribution in [1.29, 1.82) is 0 Å². The molecule has 0 saturated heterocycles. The van der Waals surface area contributed by atoms with Crippen molar-refractivity contribution in [2.24, 2.45) is 0 Å². The lowest BCUT2D eigenvalue weighted by atomic mass is 10.2. The average Bonchev–Trinajstić information content (AvgIpc) is 2.50. The molecule has 0 aliphatic heterocycles. The van der Waals surface area contributed by atoms with Crippen molar-refractivity contribution in [3.63, 3.8) is 0 Å². The first kappa shape index (κ1) is 23.7. The highest BCUT2D eigenvalue weighted by Crippen LogP contribution is 2.01. The maximum Gasteiger partial charge on any atom is 0.303 e. The summed E-state index contributed by atoms with van der Waals surface area (Å²) in [6.07, 6.45) is 27.3. The van der Waals surface area contributed by atoms with Gasteiger partial charge in [0.1, 0.15) is 0 Å². The molecule has 0 aromatic rings. The van der Waals surface area contributed by atoms with Crippen LogP contribution < -0.4 is 0 Å². The maximum absolute atomic E-state index is 10.3. The fraction of sp³-hybridized carbons (Fsp3) is 0.571. The second kappa shape index (κ2) is 20.4. The largest absolute Gasteiger partial charge is 0.481 e. The molecule has 0 radical (unpaired) electrons. The van der Waals surface area contributed by atoms with Crippen LogP contribution in [0.5, 0.6) is 0 Å². The van der Waals surface area contributed by atoms with E-state index in [1.807, 2.05) is 0 Å². The van der Waals surface area contributed by atoms with Crippen molar-refractivity contribution in [2.45, 2.75) is 78.6 Å². The van der Waals surface area contributed by atoms with Crippen LogP contribution in [-0.2, 0) is 4.79 Å². The van der Waals surface area contributed by atoms with Gasteiger partial charge in [0.25, 0.3) is 0 Å². The Bertz CT molecular complexity index is 362. The number of hydrogen-bond acceptors (Lipinski definition) is 1. The van der Waals surface area contributed by atoms with Crippen LogP contribution in [0.3, 0.4) is 0 Å². The Morgan fingerprint density at radius 1 is 0.739 bits per heavy atom. The molecule has 1 N–H and O–H groups in total. The highest BCUT2D eigenvalue weighted by molar-refractivity contribution is 5.66. The minimum absolute atomic E-state index is 0. The third kappa shape index (κ3) is 22.8. The molecule has 23 heavy (non-hydrogen) atoms. The lowest BCUT2D eigenvalue weighted by Crippen LogP contribution is -1.92. The normalized spacial score (nSPS) is 11.9. The fourth-order valence-corrected chi connectivity index (χ4v) is 1.93. The number of unbranched alkanes of at least 4 members (excludes halogenated alkanes) is 4. The lowest BCUT2D eigenvalue weighted by molar-refractivity contribution is -0.137. The third-order valence-corrected chi connectivity index (χ3v) is 3.22. The molecule has 0 fully saturated rings. The van der Waals surface area contributed by atoms with Gasteiger partial charge in [0, 0.05) is 6.42 Å². The van der Waals surface area contributed by atoms with E-state index < -0.39 is 5.97 Å². The van der Waals surface area contributed by atoms with Gasteiger partial charge < -0.3 is 5.11 Å². The van der Waals surface area contributed by atoms with E-state index in [1.54, 1.807) is 0 Å². The summed E-state index contributed by atoms with van der Waals surface area (Å²) < 4.78 is 0. The van der Waals surface area contributed by atoms with Crippen molar-refractivity contribution in [3.8, 4) is 0 Å². The van der Waals surface area contributed by atoms with Crippen LogP contribution in [-0.4, -0.2) is 11.1 Å². The standard InChI is InChI=1S/C20H32O2.CH4/c1-2-3-4-5-6-7-8-9-10-11-12-13-14-15-16-17-18-19-20(21)22;/h6-7,9-10,12-13,15-16H,2-5,8,11,14,17-19H2,1H3,(H,21,22);1H4/b7-6-,10-9-,13-12-,16-15-;/i20+8;. The molecule has 0 heterocycles. The SMILES string of the molecule is C.CCCCC/C=C\C/C=C\C/C=C\C/C=C\CCC[20C](=O)O. The van der Waals surface area contributed by atoms with Gasteiger partial charge in [0.2, 0.25) is 0 Å². The minimum Gasteiger partial charge on any atom is -0.481 e. The highest BCUT2D eigenvalue weighted by atomic mass is 20.5. The molecule has 0 unspecified atom stereocenters. The van der Waals surface area contributed by atoms with E-state index in [1.165, 1.54) is 25.7 Å². The van der Waals surface area contributed by atoms with Crippen LogP contribution in [0.1, 0.15) is 78.6 Å². The first-order chi connectivity index (χ1) is 10.8. The van der Waals surface area contributed by atoms with Crippen molar-refractivity contribution in [2.75, 3.05) is 0 Å². The zero-order valence-electron chi connectivity index (χ0n) is 14.0. The van der Waals surface area contributed by atoms with Crippen LogP contribution >= 0.6 is 0 Å². The number of allylic oxidation sites excluding steroid dienone is 8. The summed E-state index contributed by atoms with van der Waals surface area (Å²) in [5.41, 5.74) is 0. The summed E-state index contributed by atoms with van der Waals surface area (Å²) in [4.78, 5) is 10.3. The fourth-order valence-electron chi connectivity index (χ4n) is 1.93. The molecule has 0 amide bonds. The Balaban J connectivity index is 0. The van der Waals surface area contributed by atoms with E-state index >= 15 is 0 Å². The van der Waals surface area contributed by atoms with E-state index in [4.69, 9.17) is 5.11 Å². The summed E-state index contributed by atoms with van der Waals surface area (Å²) in [5.74, 6) is -0.712. The molecule has 2 nitrogen and oxygen atoms in total. The van der Waals surface area contributed by atoms with Gasteiger partial charge in [0.15, 0.2) is 0 Å². The molecule has 0 aromatic carbocycles. The predicted octanol–water partition coefficient (Wildman–Crippen LogP) is 6.85. The van der Waals surface area contributed by atoms with E-state index in [9.17, 15) is 4.79 Å². The zero-order valence-corrected chi connectivity index (χ0v) is 14.0. The molecule has 0 atom stereocenters. The maximum atomic E-state index is 10.3. The number of hydrogen-bond donors (Lipinski definition) is 1. The van der Waals surface area contributed by atoms with Crippen molar-refractivity contribution < 1.29 is 9.90 Å². The molecule has 0 spiro atoms. The number of carboxylic acid groups (broad SMARTS) is 1. The Labute approximate surface area is 143 Å². The number of rotatable bonds is 14. The average molecular weight is 329 g/mol. The Morgan fingerprint density at radius 3 is 1.61 bits per heavy atom. The van der Waals surface area contributed by atoms with Gasteiger partial charge in [-0.2, -0.15) is 0 Å². The van der Waals surface area contributed by atoms with Crippen LogP contribution in [0.25, 0.3) is 0 Å². The van der Waals surface area contributed by atoms with Gasteiger partial charge in [-0.05, 0) is 44.9 Å². The summed E-state index contributed by atoms with van der Waals surface area (Å²) in [6.45, 7) is 2.23. The second-order valence-electron chi connectivity index (χ2n) is 5.37. The van der Waals surface area contributed by atoms with Gasteiger partial charge in [-0.15, -0.1) is 0 Å². The summed E-state index contributed by atoms with van der Waals surface area (Å²) in [6, 6.07) is 0. The van der Waals surface area contributed by atoms with E-state index in [0.29, 0.717) is 0 Å². The van der Waals surface area contributed by atoms with Gasteiger partial charge in [-0.25, -0.2) is 0 Å². The highest BCUT2D eigenvalue weighted by Gasteiger charge is 1.92. The van der Waals surface area contributed by atoms with E-state index in [0.717, 1.165) is 32.1 Å². The molecule has 0 aliphatic rings. The molecule has 0 aromatic heterocycles. The topological polar surface area (TPSA) is 37.3 Å². The zero-order chi connectivity index (χ0) is 16.3. The summed E-state index contributed by atoms with van der Waals surface area (Å²) >= 11 is 0. The Hall–Kier alpha value is -1.57. The first-order valence-electron chi connectivity index (χ1n) is 8.59. The van der Waals surface area contributed by atoms with Crippen molar-refractivity contribution in [3.05, 3.63) is 48.6 Å². The smallest absolute Gasteiger partial charge is 0.303 e. The molecular weight excluding hydrogens is 292 g/mol.